The third-order valence-electron chi connectivity index (χ3n) is 2.66. The minimum atomic E-state index is -4.64. The second-order valence-electron chi connectivity index (χ2n) is 4.12. The lowest BCUT2D eigenvalue weighted by molar-refractivity contribution is -0.137. The van der Waals surface area contributed by atoms with Gasteiger partial charge in [0.15, 0.2) is 0 Å². The Balaban J connectivity index is 2.40. The van der Waals surface area contributed by atoms with Crippen LogP contribution in [0.15, 0.2) is 36.4 Å². The Bertz CT molecular complexity index is 720. The molecule has 0 aliphatic rings. The number of anilines is 2. The van der Waals surface area contributed by atoms with Crippen LogP contribution >= 0.6 is 11.6 Å². The van der Waals surface area contributed by atoms with Crippen LogP contribution in [-0.2, 0) is 6.18 Å². The average molecular weight is 315 g/mol. The van der Waals surface area contributed by atoms with Crippen LogP contribution in [0, 0.1) is 17.1 Å². The van der Waals surface area contributed by atoms with E-state index in [4.69, 9.17) is 16.9 Å². The molecule has 2 aromatic carbocycles. The molecule has 0 saturated heterocycles. The van der Waals surface area contributed by atoms with E-state index in [2.05, 4.69) is 5.32 Å². The van der Waals surface area contributed by atoms with Crippen molar-refractivity contribution >= 4 is 23.0 Å². The van der Waals surface area contributed by atoms with E-state index in [-0.39, 0.29) is 16.4 Å². The van der Waals surface area contributed by atoms with Gasteiger partial charge in [0.2, 0.25) is 0 Å². The minimum Gasteiger partial charge on any atom is -0.354 e. The standard InChI is InChI=1S/C14H7ClF4N2/c15-12-5-9(16)2-4-13(12)21-10-3-1-8(7-20)11(6-10)14(17,18)19/h1-6,21H. The van der Waals surface area contributed by atoms with Gasteiger partial charge in [-0.1, -0.05) is 11.6 Å². The van der Waals surface area contributed by atoms with E-state index in [9.17, 15) is 17.6 Å². The van der Waals surface area contributed by atoms with Crippen molar-refractivity contribution in [3.8, 4) is 6.07 Å². The predicted octanol–water partition coefficient (Wildman–Crippen LogP) is 5.11. The zero-order chi connectivity index (χ0) is 15.6. The monoisotopic (exact) mass is 314 g/mol. The van der Waals surface area contributed by atoms with Gasteiger partial charge in [0.1, 0.15) is 5.82 Å². The van der Waals surface area contributed by atoms with Gasteiger partial charge in [-0.3, -0.25) is 0 Å². The first-order chi connectivity index (χ1) is 9.81. The van der Waals surface area contributed by atoms with Gasteiger partial charge < -0.3 is 5.32 Å². The normalized spacial score (nSPS) is 11.0. The van der Waals surface area contributed by atoms with Gasteiger partial charge in [-0.05, 0) is 36.4 Å². The highest BCUT2D eigenvalue weighted by Gasteiger charge is 2.33. The summed E-state index contributed by atoms with van der Waals surface area (Å²) in [5, 5.41) is 11.4. The molecule has 108 valence electrons. The summed E-state index contributed by atoms with van der Waals surface area (Å²) in [6.07, 6.45) is -4.64. The van der Waals surface area contributed by atoms with E-state index in [1.165, 1.54) is 18.2 Å². The first-order valence-electron chi connectivity index (χ1n) is 5.64. The lowest BCUT2D eigenvalue weighted by Crippen LogP contribution is -2.08. The maximum atomic E-state index is 12.9. The number of rotatable bonds is 2. The Morgan fingerprint density at radius 2 is 1.81 bits per heavy atom. The van der Waals surface area contributed by atoms with E-state index in [0.29, 0.717) is 0 Å². The molecular formula is C14H7ClF4N2. The fraction of sp³-hybridized carbons (Fsp3) is 0.0714. The summed E-state index contributed by atoms with van der Waals surface area (Å²) in [5.74, 6) is -0.554. The van der Waals surface area contributed by atoms with Crippen molar-refractivity contribution in [1.82, 2.24) is 0 Å². The third kappa shape index (κ3) is 3.44. The van der Waals surface area contributed by atoms with Crippen LogP contribution in [0.1, 0.15) is 11.1 Å². The summed E-state index contributed by atoms with van der Waals surface area (Å²) < 4.78 is 51.4. The molecule has 0 spiro atoms. The third-order valence-corrected chi connectivity index (χ3v) is 2.97. The van der Waals surface area contributed by atoms with E-state index in [1.54, 1.807) is 0 Å². The molecule has 0 heterocycles. The van der Waals surface area contributed by atoms with Crippen molar-refractivity contribution in [2.75, 3.05) is 5.32 Å². The molecule has 0 aromatic heterocycles. The van der Waals surface area contributed by atoms with Gasteiger partial charge in [-0.2, -0.15) is 18.4 Å². The van der Waals surface area contributed by atoms with Crippen LogP contribution in [0.5, 0.6) is 0 Å². The average Bonchev–Trinajstić information content (AvgIpc) is 2.41. The summed E-state index contributed by atoms with van der Waals surface area (Å²) in [7, 11) is 0. The molecule has 7 heteroatoms. The molecule has 0 amide bonds. The molecule has 2 aromatic rings. The van der Waals surface area contributed by atoms with E-state index in [1.807, 2.05) is 0 Å². The molecule has 0 aliphatic heterocycles. The minimum absolute atomic E-state index is 0.0351. The largest absolute Gasteiger partial charge is 0.417 e. The quantitative estimate of drug-likeness (QED) is 0.782. The second kappa shape index (κ2) is 5.62. The van der Waals surface area contributed by atoms with E-state index in [0.717, 1.165) is 24.3 Å². The van der Waals surface area contributed by atoms with Crippen LogP contribution in [0.2, 0.25) is 5.02 Å². The van der Waals surface area contributed by atoms with Gasteiger partial charge in [-0.25, -0.2) is 4.39 Å². The summed E-state index contributed by atoms with van der Waals surface area (Å²) in [5.41, 5.74) is -1.17. The number of hydrogen-bond donors (Lipinski definition) is 1. The van der Waals surface area contributed by atoms with Gasteiger partial charge in [0.05, 0.1) is 27.9 Å². The Morgan fingerprint density at radius 3 is 2.38 bits per heavy atom. The van der Waals surface area contributed by atoms with Crippen LogP contribution in [0.25, 0.3) is 0 Å². The Kier molecular flexibility index (Phi) is 4.05. The molecule has 21 heavy (non-hydrogen) atoms. The fourth-order valence-corrected chi connectivity index (χ4v) is 1.91. The number of nitrogens with zero attached hydrogens (tertiary/aromatic N) is 1. The number of halogens is 5. The Hall–Kier alpha value is -2.26. The Labute approximate surface area is 122 Å². The molecule has 0 fully saturated rings. The predicted molar refractivity (Wildman–Crippen MR) is 70.9 cm³/mol. The van der Waals surface area contributed by atoms with Crippen molar-refractivity contribution < 1.29 is 17.6 Å². The zero-order valence-electron chi connectivity index (χ0n) is 10.3. The van der Waals surface area contributed by atoms with Crippen LogP contribution in [0.3, 0.4) is 0 Å². The van der Waals surface area contributed by atoms with Gasteiger partial charge in [-0.15, -0.1) is 0 Å². The molecule has 0 radical (unpaired) electrons. The van der Waals surface area contributed by atoms with Gasteiger partial charge in [0.25, 0.3) is 0 Å². The molecule has 0 aliphatic carbocycles. The molecule has 0 unspecified atom stereocenters. The van der Waals surface area contributed by atoms with E-state index < -0.39 is 23.1 Å². The first kappa shape index (κ1) is 15.1. The van der Waals surface area contributed by atoms with Crippen molar-refractivity contribution in [3.05, 3.63) is 58.4 Å². The zero-order valence-corrected chi connectivity index (χ0v) is 11.1. The van der Waals surface area contributed by atoms with Gasteiger partial charge >= 0.3 is 6.18 Å². The van der Waals surface area contributed by atoms with E-state index >= 15 is 0 Å². The molecule has 0 bridgehead atoms. The molecule has 0 atom stereocenters. The molecule has 0 saturated carbocycles. The second-order valence-corrected chi connectivity index (χ2v) is 4.53. The summed E-state index contributed by atoms with van der Waals surface area (Å²) >= 11 is 5.79. The van der Waals surface area contributed by atoms with Crippen molar-refractivity contribution in [2.45, 2.75) is 6.18 Å². The summed E-state index contributed by atoms with van der Waals surface area (Å²) in [6, 6.07) is 8.14. The van der Waals surface area contributed by atoms with Crippen LogP contribution in [0.4, 0.5) is 28.9 Å². The van der Waals surface area contributed by atoms with Crippen molar-refractivity contribution in [2.24, 2.45) is 0 Å². The smallest absolute Gasteiger partial charge is 0.354 e. The Morgan fingerprint density at radius 1 is 1.10 bits per heavy atom. The molecule has 1 N–H and O–H groups in total. The topological polar surface area (TPSA) is 35.8 Å². The van der Waals surface area contributed by atoms with Crippen LogP contribution in [-0.4, -0.2) is 0 Å². The van der Waals surface area contributed by atoms with Crippen LogP contribution < -0.4 is 5.32 Å². The number of nitrogens with one attached hydrogen (secondary N) is 1. The molecule has 2 rings (SSSR count). The fourth-order valence-electron chi connectivity index (χ4n) is 1.70. The number of benzene rings is 2. The van der Waals surface area contributed by atoms with Crippen molar-refractivity contribution in [1.29, 1.82) is 5.26 Å². The lowest BCUT2D eigenvalue weighted by atomic mass is 10.1. The van der Waals surface area contributed by atoms with Gasteiger partial charge in [0, 0.05) is 5.69 Å². The highest BCUT2D eigenvalue weighted by atomic mass is 35.5. The highest BCUT2D eigenvalue weighted by Crippen LogP contribution is 2.35. The van der Waals surface area contributed by atoms with Crippen molar-refractivity contribution in [3.63, 3.8) is 0 Å². The maximum absolute atomic E-state index is 12.9. The first-order valence-corrected chi connectivity index (χ1v) is 6.02. The molecular weight excluding hydrogens is 308 g/mol. The molecule has 2 nitrogen and oxygen atoms in total. The highest BCUT2D eigenvalue weighted by molar-refractivity contribution is 6.33. The number of nitriles is 1. The number of alkyl halides is 3. The maximum Gasteiger partial charge on any atom is 0.417 e. The summed E-state index contributed by atoms with van der Waals surface area (Å²) in [4.78, 5) is 0. The lowest BCUT2D eigenvalue weighted by Gasteiger charge is -2.13. The SMILES string of the molecule is N#Cc1ccc(Nc2ccc(F)cc2Cl)cc1C(F)(F)F. The number of hydrogen-bond acceptors (Lipinski definition) is 2. The summed E-state index contributed by atoms with van der Waals surface area (Å²) in [6.45, 7) is 0.